The monoisotopic (exact) mass is 427 g/mol. The maximum atomic E-state index is 12.4. The van der Waals surface area contributed by atoms with Gasteiger partial charge in [0.25, 0.3) is 5.91 Å². The standard InChI is InChI=1S/C25H25N5O2/c1-15-6-8-20(9-7-15)25(31)28-21-10-12-22(13-11-21)32-24-14-23(26-19(5)27-24)30-18(4)16(2)17(3)29-30/h6-14H,1-5H3,(H,28,31). The number of anilines is 1. The van der Waals surface area contributed by atoms with E-state index in [0.29, 0.717) is 34.5 Å². The number of aromatic nitrogens is 4. The highest BCUT2D eigenvalue weighted by molar-refractivity contribution is 6.04. The minimum absolute atomic E-state index is 0.157. The van der Waals surface area contributed by atoms with Gasteiger partial charge in [-0.05, 0) is 76.6 Å². The Bertz CT molecular complexity index is 1280. The summed E-state index contributed by atoms with van der Waals surface area (Å²) in [5.74, 6) is 2.11. The number of ether oxygens (including phenoxy) is 1. The van der Waals surface area contributed by atoms with E-state index in [1.54, 1.807) is 35.0 Å². The van der Waals surface area contributed by atoms with E-state index in [0.717, 1.165) is 22.5 Å². The fraction of sp³-hybridized carbons (Fsp3) is 0.200. The zero-order chi connectivity index (χ0) is 22.8. The van der Waals surface area contributed by atoms with Crippen LogP contribution in [0.1, 0.15) is 38.7 Å². The van der Waals surface area contributed by atoms with Crippen LogP contribution < -0.4 is 10.1 Å². The van der Waals surface area contributed by atoms with Crippen LogP contribution in [0.2, 0.25) is 0 Å². The van der Waals surface area contributed by atoms with Crippen molar-refractivity contribution < 1.29 is 9.53 Å². The molecule has 0 saturated heterocycles. The molecule has 0 radical (unpaired) electrons. The first-order chi connectivity index (χ1) is 15.3. The lowest BCUT2D eigenvalue weighted by Crippen LogP contribution is -2.11. The molecule has 2 aromatic carbocycles. The molecule has 0 bridgehead atoms. The third kappa shape index (κ3) is 4.51. The third-order valence-corrected chi connectivity index (χ3v) is 5.32. The molecule has 4 aromatic rings. The summed E-state index contributed by atoms with van der Waals surface area (Å²) in [6.07, 6.45) is 0. The summed E-state index contributed by atoms with van der Waals surface area (Å²) in [5, 5.41) is 7.46. The molecule has 0 saturated carbocycles. The number of carbonyl (C=O) groups excluding carboxylic acids is 1. The lowest BCUT2D eigenvalue weighted by atomic mass is 10.1. The number of nitrogens with zero attached hydrogens (tertiary/aromatic N) is 4. The minimum atomic E-state index is -0.157. The van der Waals surface area contributed by atoms with Crippen molar-refractivity contribution >= 4 is 11.6 Å². The molecule has 2 aromatic heterocycles. The number of amides is 1. The number of hydrogen-bond donors (Lipinski definition) is 1. The van der Waals surface area contributed by atoms with Crippen LogP contribution in [-0.2, 0) is 0 Å². The summed E-state index contributed by atoms with van der Waals surface area (Å²) in [4.78, 5) is 21.3. The highest BCUT2D eigenvalue weighted by Gasteiger charge is 2.13. The van der Waals surface area contributed by atoms with Gasteiger partial charge in [0.15, 0.2) is 5.82 Å². The van der Waals surface area contributed by atoms with Gasteiger partial charge < -0.3 is 10.1 Å². The largest absolute Gasteiger partial charge is 0.439 e. The highest BCUT2D eigenvalue weighted by Crippen LogP contribution is 2.24. The topological polar surface area (TPSA) is 81.9 Å². The van der Waals surface area contributed by atoms with Gasteiger partial charge >= 0.3 is 0 Å². The normalized spacial score (nSPS) is 10.8. The Morgan fingerprint density at radius 1 is 0.906 bits per heavy atom. The van der Waals surface area contributed by atoms with Crippen LogP contribution in [0, 0.1) is 34.6 Å². The molecule has 7 nitrogen and oxygen atoms in total. The van der Waals surface area contributed by atoms with Crippen molar-refractivity contribution in [3.8, 4) is 17.4 Å². The summed E-state index contributed by atoms with van der Waals surface area (Å²) in [6, 6.07) is 16.4. The molecule has 0 fully saturated rings. The van der Waals surface area contributed by atoms with Crippen molar-refractivity contribution in [1.82, 2.24) is 19.7 Å². The van der Waals surface area contributed by atoms with Crippen LogP contribution in [0.15, 0.2) is 54.6 Å². The Labute approximate surface area is 187 Å². The summed E-state index contributed by atoms with van der Waals surface area (Å²) in [5.41, 5.74) is 5.52. The van der Waals surface area contributed by atoms with Gasteiger partial charge in [-0.3, -0.25) is 4.79 Å². The Morgan fingerprint density at radius 3 is 2.22 bits per heavy atom. The van der Waals surface area contributed by atoms with Crippen LogP contribution >= 0.6 is 0 Å². The molecule has 4 rings (SSSR count). The minimum Gasteiger partial charge on any atom is -0.439 e. The Morgan fingerprint density at radius 2 is 1.59 bits per heavy atom. The predicted octanol–water partition coefficient (Wildman–Crippen LogP) is 5.25. The number of hydrogen-bond acceptors (Lipinski definition) is 5. The maximum absolute atomic E-state index is 12.4. The van der Waals surface area contributed by atoms with Crippen LogP contribution in [0.4, 0.5) is 5.69 Å². The van der Waals surface area contributed by atoms with Crippen molar-refractivity contribution in [3.63, 3.8) is 0 Å². The van der Waals surface area contributed by atoms with E-state index in [9.17, 15) is 4.79 Å². The molecule has 7 heteroatoms. The van der Waals surface area contributed by atoms with E-state index in [-0.39, 0.29) is 5.91 Å². The molecule has 2 heterocycles. The van der Waals surface area contributed by atoms with E-state index >= 15 is 0 Å². The van der Waals surface area contributed by atoms with Gasteiger partial charge in [-0.25, -0.2) is 9.67 Å². The number of aryl methyl sites for hydroxylation is 3. The molecule has 32 heavy (non-hydrogen) atoms. The summed E-state index contributed by atoms with van der Waals surface area (Å²) in [7, 11) is 0. The first kappa shape index (κ1) is 21.2. The van der Waals surface area contributed by atoms with Crippen molar-refractivity contribution in [1.29, 1.82) is 0 Å². The lowest BCUT2D eigenvalue weighted by Gasteiger charge is -2.10. The number of carbonyl (C=O) groups is 1. The second-order valence-corrected chi connectivity index (χ2v) is 7.77. The average Bonchev–Trinajstić information content (AvgIpc) is 3.02. The molecule has 1 amide bonds. The maximum Gasteiger partial charge on any atom is 0.255 e. The molecule has 0 aliphatic rings. The van der Waals surface area contributed by atoms with Gasteiger partial charge in [-0.15, -0.1) is 0 Å². The molecular weight excluding hydrogens is 402 g/mol. The third-order valence-electron chi connectivity index (χ3n) is 5.32. The van der Waals surface area contributed by atoms with Gasteiger partial charge in [0.05, 0.1) is 5.69 Å². The van der Waals surface area contributed by atoms with E-state index in [2.05, 4.69) is 20.4 Å². The van der Waals surface area contributed by atoms with Gasteiger partial charge in [0.2, 0.25) is 5.88 Å². The van der Waals surface area contributed by atoms with Crippen LogP contribution in [-0.4, -0.2) is 25.7 Å². The zero-order valence-corrected chi connectivity index (χ0v) is 18.8. The molecule has 0 aliphatic heterocycles. The van der Waals surface area contributed by atoms with Crippen molar-refractivity contribution in [2.75, 3.05) is 5.32 Å². The molecule has 0 aliphatic carbocycles. The van der Waals surface area contributed by atoms with E-state index in [1.165, 1.54) is 0 Å². The van der Waals surface area contributed by atoms with Crippen molar-refractivity contribution in [2.24, 2.45) is 0 Å². The highest BCUT2D eigenvalue weighted by atomic mass is 16.5. The van der Waals surface area contributed by atoms with E-state index in [1.807, 2.05) is 58.9 Å². The molecule has 0 unspecified atom stereocenters. The first-order valence-corrected chi connectivity index (χ1v) is 10.3. The molecule has 0 spiro atoms. The van der Waals surface area contributed by atoms with Crippen molar-refractivity contribution in [3.05, 3.63) is 88.5 Å². The van der Waals surface area contributed by atoms with E-state index < -0.39 is 0 Å². The van der Waals surface area contributed by atoms with Gasteiger partial charge in [0.1, 0.15) is 11.6 Å². The fourth-order valence-corrected chi connectivity index (χ4v) is 3.26. The molecular formula is C25H25N5O2. The zero-order valence-electron chi connectivity index (χ0n) is 18.8. The molecule has 0 atom stereocenters. The Kier molecular flexibility index (Phi) is 5.73. The second kappa shape index (κ2) is 8.63. The van der Waals surface area contributed by atoms with Crippen molar-refractivity contribution in [2.45, 2.75) is 34.6 Å². The van der Waals surface area contributed by atoms with Crippen LogP contribution in [0.25, 0.3) is 5.82 Å². The van der Waals surface area contributed by atoms with E-state index in [4.69, 9.17) is 4.74 Å². The smallest absolute Gasteiger partial charge is 0.255 e. The van der Waals surface area contributed by atoms with Gasteiger partial charge in [0, 0.05) is 23.0 Å². The van der Waals surface area contributed by atoms with Gasteiger partial charge in [-0.2, -0.15) is 10.1 Å². The lowest BCUT2D eigenvalue weighted by molar-refractivity contribution is 0.102. The molecule has 1 N–H and O–H groups in total. The number of rotatable bonds is 5. The summed E-state index contributed by atoms with van der Waals surface area (Å²) in [6.45, 7) is 9.83. The fourth-order valence-electron chi connectivity index (χ4n) is 3.26. The molecule has 162 valence electrons. The number of benzene rings is 2. The predicted molar refractivity (Wildman–Crippen MR) is 124 cm³/mol. The quantitative estimate of drug-likeness (QED) is 0.470. The van der Waals surface area contributed by atoms with Crippen LogP contribution in [0.3, 0.4) is 0 Å². The SMILES string of the molecule is Cc1ccc(C(=O)Nc2ccc(Oc3cc(-n4nc(C)c(C)c4C)nc(C)n3)cc2)cc1. The Hall–Kier alpha value is -4.00. The average molecular weight is 428 g/mol. The first-order valence-electron chi connectivity index (χ1n) is 10.3. The summed E-state index contributed by atoms with van der Waals surface area (Å²) >= 11 is 0. The Balaban J connectivity index is 1.50. The van der Waals surface area contributed by atoms with Crippen LogP contribution in [0.5, 0.6) is 11.6 Å². The second-order valence-electron chi connectivity index (χ2n) is 7.77. The summed E-state index contributed by atoms with van der Waals surface area (Å²) < 4.78 is 7.75. The van der Waals surface area contributed by atoms with Gasteiger partial charge in [-0.1, -0.05) is 17.7 Å². The number of nitrogens with one attached hydrogen (secondary N) is 1.